The predicted molar refractivity (Wildman–Crippen MR) is 71.6 cm³/mol. The van der Waals surface area contributed by atoms with Crippen molar-refractivity contribution >= 4 is 21.6 Å². The van der Waals surface area contributed by atoms with Gasteiger partial charge < -0.3 is 10.5 Å². The molecule has 1 heterocycles. The van der Waals surface area contributed by atoms with Gasteiger partial charge in [0.25, 0.3) is 5.88 Å². The molecule has 0 bridgehead atoms. The van der Waals surface area contributed by atoms with Crippen LogP contribution in [0.15, 0.2) is 16.7 Å². The normalized spacial score (nSPS) is 11.3. The Morgan fingerprint density at radius 2 is 2.17 bits per heavy atom. The monoisotopic (exact) mass is 317 g/mol. The van der Waals surface area contributed by atoms with E-state index in [9.17, 15) is 10.1 Å². The van der Waals surface area contributed by atoms with Crippen LogP contribution in [0.5, 0.6) is 5.88 Å². The largest absolute Gasteiger partial charge is 0.471 e. The van der Waals surface area contributed by atoms with Gasteiger partial charge in [-0.1, -0.05) is 13.8 Å². The number of hydrogen-bond donors (Lipinski definition) is 1. The van der Waals surface area contributed by atoms with Gasteiger partial charge in [-0.2, -0.15) is 0 Å². The van der Waals surface area contributed by atoms with Crippen LogP contribution in [0, 0.1) is 10.1 Å². The summed E-state index contributed by atoms with van der Waals surface area (Å²) in [7, 11) is 0. The van der Waals surface area contributed by atoms with Crippen LogP contribution in [-0.2, 0) is 0 Å². The van der Waals surface area contributed by atoms with Gasteiger partial charge in [0.15, 0.2) is 0 Å². The van der Waals surface area contributed by atoms with E-state index in [1.165, 1.54) is 12.3 Å². The minimum atomic E-state index is -0.525. The summed E-state index contributed by atoms with van der Waals surface area (Å²) in [5.41, 5.74) is 5.42. The Hall–Kier alpha value is -1.21. The Morgan fingerprint density at radius 1 is 1.56 bits per heavy atom. The fraction of sp³-hybridized carbons (Fsp3) is 0.545. The number of aromatic nitrogens is 1. The number of rotatable bonds is 6. The van der Waals surface area contributed by atoms with Gasteiger partial charge in [-0.05, 0) is 28.8 Å². The first-order valence-electron chi connectivity index (χ1n) is 5.63. The minimum Gasteiger partial charge on any atom is -0.471 e. The Labute approximate surface area is 114 Å². The molecule has 0 aliphatic carbocycles. The molecular formula is C11H16BrN3O3. The van der Waals surface area contributed by atoms with Crippen molar-refractivity contribution in [2.45, 2.75) is 32.2 Å². The van der Waals surface area contributed by atoms with Gasteiger partial charge in [0.2, 0.25) is 0 Å². The van der Waals surface area contributed by atoms with Crippen molar-refractivity contribution < 1.29 is 9.66 Å². The van der Waals surface area contributed by atoms with Gasteiger partial charge >= 0.3 is 5.69 Å². The number of nitrogens with zero attached hydrogens (tertiary/aromatic N) is 2. The van der Waals surface area contributed by atoms with Gasteiger partial charge in [-0.15, -0.1) is 0 Å². The molecular weight excluding hydrogens is 302 g/mol. The summed E-state index contributed by atoms with van der Waals surface area (Å²) in [4.78, 5) is 14.3. The molecule has 0 aliphatic rings. The van der Waals surface area contributed by atoms with Crippen molar-refractivity contribution in [3.63, 3.8) is 0 Å². The molecule has 0 radical (unpaired) electrons. The van der Waals surface area contributed by atoms with E-state index in [1.54, 1.807) is 0 Å². The van der Waals surface area contributed by atoms with Gasteiger partial charge in [0.05, 0.1) is 4.92 Å². The molecule has 1 aromatic rings. The first-order valence-corrected chi connectivity index (χ1v) is 6.42. The Kier molecular flexibility index (Phi) is 5.03. The Bertz CT molecular complexity index is 436. The molecule has 0 spiro atoms. The summed E-state index contributed by atoms with van der Waals surface area (Å²) in [5, 5.41) is 10.9. The SMILES string of the molecule is CCC(N)(CC)COc1ncc(Br)cc1[N+](=O)[O-]. The van der Waals surface area contributed by atoms with E-state index in [0.717, 1.165) is 12.8 Å². The predicted octanol–water partition coefficient (Wildman–Crippen LogP) is 2.65. The topological polar surface area (TPSA) is 91.3 Å². The van der Waals surface area contributed by atoms with Gasteiger partial charge in [-0.3, -0.25) is 10.1 Å². The average Bonchev–Trinajstić information content (AvgIpc) is 2.36. The molecule has 1 aromatic heterocycles. The molecule has 0 aromatic carbocycles. The van der Waals surface area contributed by atoms with Crippen LogP contribution in [0.3, 0.4) is 0 Å². The van der Waals surface area contributed by atoms with Crippen LogP contribution in [0.2, 0.25) is 0 Å². The molecule has 18 heavy (non-hydrogen) atoms. The summed E-state index contributed by atoms with van der Waals surface area (Å²) in [5.74, 6) is -0.0000694. The number of nitro groups is 1. The van der Waals surface area contributed by atoms with Gasteiger partial charge in [-0.25, -0.2) is 4.98 Å². The van der Waals surface area contributed by atoms with E-state index in [0.29, 0.717) is 4.47 Å². The first kappa shape index (κ1) is 14.8. The number of hydrogen-bond acceptors (Lipinski definition) is 5. The summed E-state index contributed by atoms with van der Waals surface area (Å²) >= 11 is 3.14. The highest BCUT2D eigenvalue weighted by molar-refractivity contribution is 9.10. The van der Waals surface area contributed by atoms with Crippen molar-refractivity contribution in [1.82, 2.24) is 4.98 Å². The first-order chi connectivity index (χ1) is 8.41. The van der Waals surface area contributed by atoms with E-state index >= 15 is 0 Å². The zero-order valence-electron chi connectivity index (χ0n) is 10.4. The molecule has 2 N–H and O–H groups in total. The summed E-state index contributed by atoms with van der Waals surface area (Å²) in [6, 6.07) is 1.36. The van der Waals surface area contributed by atoms with Gasteiger partial charge in [0, 0.05) is 22.3 Å². The van der Waals surface area contributed by atoms with Crippen LogP contribution in [0.4, 0.5) is 5.69 Å². The second-order valence-electron chi connectivity index (χ2n) is 4.09. The number of halogens is 1. The van der Waals surface area contributed by atoms with E-state index < -0.39 is 10.5 Å². The maximum Gasteiger partial charge on any atom is 0.332 e. The van der Waals surface area contributed by atoms with Crippen LogP contribution in [-0.4, -0.2) is 22.1 Å². The quantitative estimate of drug-likeness (QED) is 0.643. The van der Waals surface area contributed by atoms with E-state index in [-0.39, 0.29) is 18.2 Å². The maximum atomic E-state index is 10.9. The highest BCUT2D eigenvalue weighted by Gasteiger charge is 2.24. The lowest BCUT2D eigenvalue weighted by atomic mass is 9.96. The second kappa shape index (κ2) is 6.10. The van der Waals surface area contributed by atoms with E-state index in [2.05, 4.69) is 20.9 Å². The smallest absolute Gasteiger partial charge is 0.332 e. The second-order valence-corrected chi connectivity index (χ2v) is 5.01. The van der Waals surface area contributed by atoms with Crippen LogP contribution in [0.1, 0.15) is 26.7 Å². The lowest BCUT2D eigenvalue weighted by molar-refractivity contribution is -0.386. The molecule has 0 atom stereocenters. The number of pyridine rings is 1. The third kappa shape index (κ3) is 3.64. The highest BCUT2D eigenvalue weighted by Crippen LogP contribution is 2.28. The zero-order valence-corrected chi connectivity index (χ0v) is 11.9. The molecule has 0 unspecified atom stereocenters. The summed E-state index contributed by atoms with van der Waals surface area (Å²) in [6.45, 7) is 4.11. The van der Waals surface area contributed by atoms with Crippen LogP contribution in [0.25, 0.3) is 0 Å². The van der Waals surface area contributed by atoms with Crippen molar-refractivity contribution in [3.8, 4) is 5.88 Å². The number of nitrogens with two attached hydrogens (primary N) is 1. The van der Waals surface area contributed by atoms with Crippen molar-refractivity contribution in [2.75, 3.05) is 6.61 Å². The van der Waals surface area contributed by atoms with E-state index in [1.807, 2.05) is 13.8 Å². The Morgan fingerprint density at radius 3 is 2.67 bits per heavy atom. The fourth-order valence-electron chi connectivity index (χ4n) is 1.32. The molecule has 1 rings (SSSR count). The molecule has 0 fully saturated rings. The standard InChI is InChI=1S/C11H16BrN3O3/c1-3-11(13,4-2)7-18-10-9(15(16)17)5-8(12)6-14-10/h5-6H,3-4,7,13H2,1-2H3. The Balaban J connectivity index is 2.88. The van der Waals surface area contributed by atoms with Crippen LogP contribution >= 0.6 is 15.9 Å². The van der Waals surface area contributed by atoms with Gasteiger partial charge in [0.1, 0.15) is 6.61 Å². The van der Waals surface area contributed by atoms with Crippen molar-refractivity contribution in [3.05, 3.63) is 26.9 Å². The third-order valence-electron chi connectivity index (χ3n) is 2.90. The average molecular weight is 318 g/mol. The van der Waals surface area contributed by atoms with Crippen molar-refractivity contribution in [2.24, 2.45) is 5.73 Å². The molecule has 100 valence electrons. The summed E-state index contributed by atoms with van der Waals surface area (Å²) < 4.78 is 5.94. The molecule has 0 saturated carbocycles. The van der Waals surface area contributed by atoms with E-state index in [4.69, 9.17) is 10.5 Å². The maximum absolute atomic E-state index is 10.9. The lowest BCUT2D eigenvalue weighted by Crippen LogP contribution is -2.44. The molecule has 7 heteroatoms. The molecule has 0 saturated heterocycles. The molecule has 0 amide bonds. The highest BCUT2D eigenvalue weighted by atomic mass is 79.9. The van der Waals surface area contributed by atoms with Crippen LogP contribution < -0.4 is 10.5 Å². The minimum absolute atomic E-state index is 0.0000694. The van der Waals surface area contributed by atoms with Crippen molar-refractivity contribution in [1.29, 1.82) is 0 Å². The zero-order chi connectivity index (χ0) is 13.8. The molecule has 6 nitrogen and oxygen atoms in total. The summed E-state index contributed by atoms with van der Waals surface area (Å²) in [6.07, 6.45) is 2.92. The number of ether oxygens (including phenoxy) is 1. The lowest BCUT2D eigenvalue weighted by Gasteiger charge is -2.25. The fourth-order valence-corrected chi connectivity index (χ4v) is 1.64. The third-order valence-corrected chi connectivity index (χ3v) is 3.33. The molecule has 0 aliphatic heterocycles.